The number of hydrogen-bond donors (Lipinski definition) is 0. The Balaban J connectivity index is 1.51. The van der Waals surface area contributed by atoms with Crippen molar-refractivity contribution in [3.63, 3.8) is 0 Å². The van der Waals surface area contributed by atoms with Crippen LogP contribution in [0.2, 0.25) is 0 Å². The van der Waals surface area contributed by atoms with Crippen LogP contribution in [0.5, 0.6) is 5.75 Å². The van der Waals surface area contributed by atoms with Crippen molar-refractivity contribution in [2.75, 3.05) is 18.7 Å². The zero-order chi connectivity index (χ0) is 23.2. The maximum Gasteiger partial charge on any atom is 0.355 e. The van der Waals surface area contributed by atoms with Crippen molar-refractivity contribution in [3.05, 3.63) is 89.1 Å². The minimum Gasteiger partial charge on any atom is -0.497 e. The number of alkyl halides is 1. The van der Waals surface area contributed by atoms with Crippen molar-refractivity contribution in [2.24, 2.45) is 4.99 Å². The Morgan fingerprint density at radius 3 is 2.67 bits per heavy atom. The van der Waals surface area contributed by atoms with Crippen LogP contribution in [0.3, 0.4) is 0 Å². The lowest BCUT2D eigenvalue weighted by molar-refractivity contribution is -0.151. The minimum absolute atomic E-state index is 0.0915. The van der Waals surface area contributed by atoms with Gasteiger partial charge < -0.3 is 9.47 Å². The van der Waals surface area contributed by atoms with Crippen LogP contribution in [-0.4, -0.2) is 53.1 Å². The first-order valence-corrected chi connectivity index (χ1v) is 12.0. The first-order valence-electron chi connectivity index (χ1n) is 10.4. The van der Waals surface area contributed by atoms with Gasteiger partial charge in [-0.3, -0.25) is 14.7 Å². The molecule has 2 aliphatic heterocycles. The highest BCUT2D eigenvalue weighted by molar-refractivity contribution is 8.00. The van der Waals surface area contributed by atoms with Crippen molar-refractivity contribution in [2.45, 2.75) is 18.0 Å². The van der Waals surface area contributed by atoms with Gasteiger partial charge in [0.25, 0.3) is 5.91 Å². The van der Waals surface area contributed by atoms with Gasteiger partial charge in [-0.1, -0.05) is 54.6 Å². The third kappa shape index (κ3) is 5.15. The number of halogens is 1. The van der Waals surface area contributed by atoms with Crippen LogP contribution in [0.15, 0.2) is 83.0 Å². The standard InChI is InChI=1S/C25H23ClN2O4S/c1-31-20-11-9-18(10-12-20)15-32-25(30)22-19(8-5-13-26)16-33-24-21(23(29)28(22)24)27-14-17-6-3-2-4-7-17/h2-12,14,21,24H,13,15-16H2,1H3/b8-5-,27-14+/t21-,24-/m1/s1. The molecule has 0 saturated carbocycles. The van der Waals surface area contributed by atoms with Crippen LogP contribution in [-0.2, 0) is 20.9 Å². The van der Waals surface area contributed by atoms with Crippen LogP contribution >= 0.6 is 23.4 Å². The van der Waals surface area contributed by atoms with Crippen LogP contribution in [0, 0.1) is 0 Å². The zero-order valence-electron chi connectivity index (χ0n) is 18.0. The molecule has 0 radical (unpaired) electrons. The van der Waals surface area contributed by atoms with Gasteiger partial charge in [-0.05, 0) is 28.8 Å². The number of amides is 1. The van der Waals surface area contributed by atoms with E-state index in [0.29, 0.717) is 11.6 Å². The van der Waals surface area contributed by atoms with E-state index in [1.807, 2.05) is 42.5 Å². The van der Waals surface area contributed by atoms with Crippen molar-refractivity contribution >= 4 is 41.5 Å². The molecule has 2 aromatic carbocycles. The second-order valence-electron chi connectivity index (χ2n) is 7.40. The second-order valence-corrected chi connectivity index (χ2v) is 8.81. The Morgan fingerprint density at radius 1 is 1.21 bits per heavy atom. The van der Waals surface area contributed by atoms with Crippen molar-refractivity contribution < 1.29 is 19.1 Å². The van der Waals surface area contributed by atoms with Gasteiger partial charge in [0.05, 0.1) is 7.11 Å². The molecule has 2 heterocycles. The van der Waals surface area contributed by atoms with Gasteiger partial charge in [0.15, 0.2) is 6.04 Å². The summed E-state index contributed by atoms with van der Waals surface area (Å²) in [5.74, 6) is 0.842. The third-order valence-corrected chi connectivity index (χ3v) is 6.75. The number of β-lactam (4-membered cyclic amide) rings is 1. The number of aliphatic imine (C=N–C) groups is 1. The Hall–Kier alpha value is -3.03. The first-order chi connectivity index (χ1) is 16.1. The average molecular weight is 483 g/mol. The van der Waals surface area contributed by atoms with E-state index >= 15 is 0 Å². The van der Waals surface area contributed by atoms with Gasteiger partial charge in [-0.2, -0.15) is 0 Å². The quantitative estimate of drug-likeness (QED) is 0.244. The summed E-state index contributed by atoms with van der Waals surface area (Å²) in [6, 6.07) is 16.4. The lowest BCUT2D eigenvalue weighted by atomic mass is 10.0. The predicted octanol–water partition coefficient (Wildman–Crippen LogP) is 4.19. The fraction of sp³-hybridized carbons (Fsp3) is 0.240. The molecule has 1 saturated heterocycles. The summed E-state index contributed by atoms with van der Waals surface area (Å²) in [6.45, 7) is 0.0915. The summed E-state index contributed by atoms with van der Waals surface area (Å²) in [5.41, 5.74) is 2.73. The van der Waals surface area contributed by atoms with E-state index in [1.165, 1.54) is 4.90 Å². The lowest BCUT2D eigenvalue weighted by Crippen LogP contribution is -2.64. The number of nitrogens with zero attached hydrogens (tertiary/aromatic N) is 2. The second kappa shape index (κ2) is 10.7. The smallest absolute Gasteiger partial charge is 0.355 e. The van der Waals surface area contributed by atoms with E-state index in [-0.39, 0.29) is 23.6 Å². The van der Waals surface area contributed by atoms with Gasteiger partial charge in [0, 0.05) is 17.8 Å². The van der Waals surface area contributed by atoms with E-state index < -0.39 is 12.0 Å². The van der Waals surface area contributed by atoms with Crippen LogP contribution in [0.4, 0.5) is 0 Å². The Kier molecular flexibility index (Phi) is 7.52. The molecule has 0 spiro atoms. The summed E-state index contributed by atoms with van der Waals surface area (Å²) in [4.78, 5) is 32.1. The number of ether oxygens (including phenoxy) is 2. The zero-order valence-corrected chi connectivity index (χ0v) is 19.6. The number of thioether (sulfide) groups is 1. The molecule has 2 aliphatic rings. The normalized spacial score (nSPS) is 20.2. The number of carbonyl (C=O) groups is 2. The maximum absolute atomic E-state index is 13.1. The molecule has 1 amide bonds. The number of methoxy groups -OCH3 is 1. The monoisotopic (exact) mass is 482 g/mol. The Bertz CT molecular complexity index is 1100. The molecule has 6 nitrogen and oxygen atoms in total. The minimum atomic E-state index is -0.538. The number of hydrogen-bond acceptors (Lipinski definition) is 6. The highest BCUT2D eigenvalue weighted by Gasteiger charge is 2.53. The lowest BCUT2D eigenvalue weighted by Gasteiger charge is -2.47. The SMILES string of the molecule is COc1ccc(COC(=O)C2=C(/C=C\CCl)CS[C@@H]3[C@H](/N=C/c4ccccc4)C(=O)N23)cc1. The topological polar surface area (TPSA) is 68.2 Å². The maximum atomic E-state index is 13.1. The molecule has 2 atom stereocenters. The molecule has 170 valence electrons. The van der Waals surface area contributed by atoms with Crippen molar-refractivity contribution in [1.82, 2.24) is 4.90 Å². The molecular formula is C25H23ClN2O4S. The molecule has 8 heteroatoms. The van der Waals surface area contributed by atoms with Crippen molar-refractivity contribution in [1.29, 1.82) is 0 Å². The molecule has 0 aliphatic carbocycles. The molecule has 1 fully saturated rings. The van der Waals surface area contributed by atoms with E-state index in [4.69, 9.17) is 21.1 Å². The number of allylic oxidation sites excluding steroid dienone is 2. The average Bonchev–Trinajstić information content (AvgIpc) is 2.86. The van der Waals surface area contributed by atoms with Gasteiger partial charge in [0.1, 0.15) is 23.4 Å². The fourth-order valence-electron chi connectivity index (χ4n) is 3.58. The van der Waals surface area contributed by atoms with E-state index in [1.54, 1.807) is 49.4 Å². The Labute approximate surface area is 201 Å². The van der Waals surface area contributed by atoms with Crippen LogP contribution in [0.25, 0.3) is 0 Å². The number of carbonyl (C=O) groups excluding carboxylic acids is 2. The third-order valence-electron chi connectivity index (χ3n) is 5.28. The molecule has 4 rings (SSSR count). The number of rotatable bonds is 8. The molecular weight excluding hydrogens is 460 g/mol. The summed E-state index contributed by atoms with van der Waals surface area (Å²) >= 11 is 7.38. The summed E-state index contributed by atoms with van der Waals surface area (Å²) in [7, 11) is 1.59. The molecule has 0 aromatic heterocycles. The molecule has 2 aromatic rings. The van der Waals surface area contributed by atoms with Gasteiger partial charge in [-0.25, -0.2) is 4.79 Å². The van der Waals surface area contributed by atoms with Crippen LogP contribution < -0.4 is 4.74 Å². The van der Waals surface area contributed by atoms with E-state index in [2.05, 4.69) is 4.99 Å². The van der Waals surface area contributed by atoms with E-state index in [0.717, 1.165) is 22.4 Å². The van der Waals surface area contributed by atoms with E-state index in [9.17, 15) is 9.59 Å². The molecule has 33 heavy (non-hydrogen) atoms. The molecule has 0 bridgehead atoms. The summed E-state index contributed by atoms with van der Waals surface area (Å²) < 4.78 is 10.7. The highest BCUT2D eigenvalue weighted by atomic mass is 35.5. The van der Waals surface area contributed by atoms with Gasteiger partial charge in [-0.15, -0.1) is 23.4 Å². The number of esters is 1. The summed E-state index contributed by atoms with van der Waals surface area (Å²) in [6.07, 6.45) is 5.24. The molecule has 0 N–H and O–H groups in total. The number of benzene rings is 2. The number of fused-ring (bicyclic) bond motifs is 1. The fourth-order valence-corrected chi connectivity index (χ4v) is 4.98. The summed E-state index contributed by atoms with van der Waals surface area (Å²) in [5, 5.41) is -0.242. The highest BCUT2D eigenvalue weighted by Crippen LogP contribution is 2.42. The molecule has 0 unspecified atom stereocenters. The van der Waals surface area contributed by atoms with Gasteiger partial charge >= 0.3 is 5.97 Å². The predicted molar refractivity (Wildman–Crippen MR) is 131 cm³/mol. The largest absolute Gasteiger partial charge is 0.497 e. The van der Waals surface area contributed by atoms with Crippen LogP contribution in [0.1, 0.15) is 11.1 Å². The van der Waals surface area contributed by atoms with Gasteiger partial charge in [0.2, 0.25) is 0 Å². The van der Waals surface area contributed by atoms with Crippen molar-refractivity contribution in [3.8, 4) is 5.75 Å². The first kappa shape index (κ1) is 23.1. The Morgan fingerprint density at radius 2 is 1.97 bits per heavy atom.